The van der Waals surface area contributed by atoms with Crippen LogP contribution in [0.5, 0.6) is 5.75 Å². The van der Waals surface area contributed by atoms with Crippen molar-refractivity contribution in [3.8, 4) is 5.75 Å². The molecule has 2 aliphatic rings. The van der Waals surface area contributed by atoms with Gasteiger partial charge in [0, 0.05) is 24.6 Å². The highest BCUT2D eigenvalue weighted by molar-refractivity contribution is 8.19. The number of rotatable bonds is 5. The Hall–Kier alpha value is -2.38. The summed E-state index contributed by atoms with van der Waals surface area (Å²) in [5.74, 6) is 0.844. The van der Waals surface area contributed by atoms with Crippen LogP contribution in [0.25, 0.3) is 0 Å². The number of carbonyl (C=O) groups excluding carboxylic acids is 1. The molecule has 5 nitrogen and oxygen atoms in total. The number of unbranched alkanes of at least 4 members (excludes halogenated alkanes) is 1. The maximum Gasteiger partial charge on any atom is 0.269 e. The average Bonchev–Trinajstić information content (AvgIpc) is 3.23. The van der Waals surface area contributed by atoms with Gasteiger partial charge in [0.2, 0.25) is 0 Å². The van der Waals surface area contributed by atoms with Gasteiger partial charge in [-0.05, 0) is 42.4 Å². The normalized spacial score (nSPS) is 20.0. The van der Waals surface area contributed by atoms with Crippen molar-refractivity contribution in [1.29, 1.82) is 0 Å². The molecule has 4 rings (SSSR count). The predicted molar refractivity (Wildman–Crippen MR) is 122 cm³/mol. The molecular formula is C22H23N3O2S2. The molecule has 1 fully saturated rings. The molecule has 29 heavy (non-hydrogen) atoms. The molecule has 0 atom stereocenters. The number of benzene rings is 2. The summed E-state index contributed by atoms with van der Waals surface area (Å²) in [7, 11) is 3.66. The van der Waals surface area contributed by atoms with Crippen molar-refractivity contribution in [2.24, 2.45) is 4.99 Å². The maximum atomic E-state index is 13.3. The lowest BCUT2D eigenvalue weighted by molar-refractivity contribution is -0.122. The predicted octanol–water partition coefficient (Wildman–Crippen LogP) is 5.47. The zero-order valence-electron chi connectivity index (χ0n) is 16.7. The van der Waals surface area contributed by atoms with Crippen LogP contribution in [-0.2, 0) is 4.79 Å². The van der Waals surface area contributed by atoms with E-state index in [1.54, 1.807) is 18.9 Å². The van der Waals surface area contributed by atoms with Crippen LogP contribution in [0.15, 0.2) is 68.4 Å². The highest BCUT2D eigenvalue weighted by Crippen LogP contribution is 2.51. The Morgan fingerprint density at radius 1 is 1.10 bits per heavy atom. The molecule has 2 aromatic carbocycles. The second-order valence-corrected chi connectivity index (χ2v) is 8.78. The molecule has 7 heteroatoms. The SMILES string of the molecule is CCCCN1C(=O)/C(=C2/Sc3ccc(OC)cc3N2C)SC1=Nc1ccccc1. The lowest BCUT2D eigenvalue weighted by Gasteiger charge is -2.16. The summed E-state index contributed by atoms with van der Waals surface area (Å²) in [5, 5.41) is 1.70. The number of hydrogen-bond acceptors (Lipinski definition) is 6. The fraction of sp³-hybridized carbons (Fsp3) is 0.273. The molecule has 0 radical (unpaired) electrons. The smallest absolute Gasteiger partial charge is 0.269 e. The summed E-state index contributed by atoms with van der Waals surface area (Å²) in [5.41, 5.74) is 1.91. The van der Waals surface area contributed by atoms with Crippen LogP contribution in [0.4, 0.5) is 11.4 Å². The van der Waals surface area contributed by atoms with E-state index in [0.29, 0.717) is 6.54 Å². The molecule has 1 saturated heterocycles. The second kappa shape index (κ2) is 8.55. The van der Waals surface area contributed by atoms with E-state index >= 15 is 0 Å². The summed E-state index contributed by atoms with van der Waals surface area (Å²) in [6, 6.07) is 15.8. The maximum absolute atomic E-state index is 13.3. The quantitative estimate of drug-likeness (QED) is 0.595. The van der Waals surface area contributed by atoms with E-state index in [1.807, 2.05) is 60.5 Å². The van der Waals surface area contributed by atoms with Crippen molar-refractivity contribution in [3.63, 3.8) is 0 Å². The molecule has 0 bridgehead atoms. The largest absolute Gasteiger partial charge is 0.497 e. The number of para-hydroxylation sites is 1. The zero-order chi connectivity index (χ0) is 20.4. The van der Waals surface area contributed by atoms with Crippen LogP contribution < -0.4 is 9.64 Å². The van der Waals surface area contributed by atoms with Crippen LogP contribution in [-0.4, -0.2) is 36.7 Å². The minimum atomic E-state index is 0.0345. The van der Waals surface area contributed by atoms with Gasteiger partial charge in [-0.15, -0.1) is 0 Å². The van der Waals surface area contributed by atoms with Gasteiger partial charge in [0.1, 0.15) is 10.7 Å². The summed E-state index contributed by atoms with van der Waals surface area (Å²) in [4.78, 5) is 23.8. The summed E-state index contributed by atoms with van der Waals surface area (Å²) in [6.45, 7) is 2.81. The van der Waals surface area contributed by atoms with Crippen molar-refractivity contribution >= 4 is 46.0 Å². The number of thioether (sulfide) groups is 2. The Labute approximate surface area is 179 Å². The molecule has 0 N–H and O–H groups in total. The lowest BCUT2D eigenvalue weighted by Crippen LogP contribution is -2.30. The molecule has 0 unspecified atom stereocenters. The summed E-state index contributed by atoms with van der Waals surface area (Å²) < 4.78 is 5.36. The third-order valence-corrected chi connectivity index (χ3v) is 7.24. The van der Waals surface area contributed by atoms with Gasteiger partial charge < -0.3 is 9.64 Å². The fourth-order valence-corrected chi connectivity index (χ4v) is 5.55. The van der Waals surface area contributed by atoms with Gasteiger partial charge >= 0.3 is 0 Å². The molecular weight excluding hydrogens is 402 g/mol. The first kappa shape index (κ1) is 19.9. The van der Waals surface area contributed by atoms with Crippen LogP contribution >= 0.6 is 23.5 Å². The van der Waals surface area contributed by atoms with Crippen LogP contribution in [0.2, 0.25) is 0 Å². The van der Waals surface area contributed by atoms with Crippen molar-refractivity contribution in [3.05, 3.63) is 58.5 Å². The highest BCUT2D eigenvalue weighted by Gasteiger charge is 2.38. The first-order valence-corrected chi connectivity index (χ1v) is 11.2. The number of aliphatic imine (C=N–C) groups is 1. The molecule has 2 heterocycles. The van der Waals surface area contributed by atoms with E-state index in [-0.39, 0.29) is 5.91 Å². The minimum absolute atomic E-state index is 0.0345. The summed E-state index contributed by atoms with van der Waals surface area (Å²) in [6.07, 6.45) is 1.97. The minimum Gasteiger partial charge on any atom is -0.497 e. The van der Waals surface area contributed by atoms with Gasteiger partial charge in [-0.1, -0.05) is 43.3 Å². The Kier molecular flexibility index (Phi) is 5.87. The molecule has 1 amide bonds. The number of fused-ring (bicyclic) bond motifs is 1. The number of nitrogens with zero attached hydrogens (tertiary/aromatic N) is 3. The third-order valence-electron chi connectivity index (χ3n) is 4.81. The number of methoxy groups -OCH3 is 1. The molecule has 2 aliphatic heterocycles. The number of hydrogen-bond donors (Lipinski definition) is 0. The van der Waals surface area contributed by atoms with Gasteiger partial charge in [-0.3, -0.25) is 9.69 Å². The first-order valence-electron chi connectivity index (χ1n) is 9.59. The van der Waals surface area contributed by atoms with Gasteiger partial charge in [0.05, 0.1) is 23.5 Å². The number of amides is 1. The fourth-order valence-electron chi connectivity index (χ4n) is 3.20. The number of amidine groups is 1. The number of anilines is 1. The first-order chi connectivity index (χ1) is 14.1. The number of carbonyl (C=O) groups is 1. The van der Waals surface area contributed by atoms with Crippen molar-refractivity contribution in [2.75, 3.05) is 25.6 Å². The van der Waals surface area contributed by atoms with Gasteiger partial charge in [0.25, 0.3) is 5.91 Å². The van der Waals surface area contributed by atoms with Gasteiger partial charge in [0.15, 0.2) is 5.17 Å². The summed E-state index contributed by atoms with van der Waals surface area (Å²) >= 11 is 3.09. The number of ether oxygens (including phenoxy) is 1. The van der Waals surface area contributed by atoms with E-state index in [1.165, 1.54) is 11.8 Å². The molecule has 0 saturated carbocycles. The molecule has 2 aromatic rings. The lowest BCUT2D eigenvalue weighted by atomic mass is 10.3. The van der Waals surface area contributed by atoms with Crippen LogP contribution in [0.1, 0.15) is 19.8 Å². The van der Waals surface area contributed by atoms with Crippen LogP contribution in [0, 0.1) is 0 Å². The Morgan fingerprint density at radius 3 is 2.62 bits per heavy atom. The second-order valence-electron chi connectivity index (χ2n) is 6.77. The monoisotopic (exact) mass is 425 g/mol. The van der Waals surface area contributed by atoms with Crippen molar-refractivity contribution < 1.29 is 9.53 Å². The molecule has 0 aromatic heterocycles. The zero-order valence-corrected chi connectivity index (χ0v) is 18.3. The Morgan fingerprint density at radius 2 is 1.90 bits per heavy atom. The van der Waals surface area contributed by atoms with Crippen molar-refractivity contribution in [2.45, 2.75) is 24.7 Å². The molecule has 0 spiro atoms. The topological polar surface area (TPSA) is 45.1 Å². The average molecular weight is 426 g/mol. The van der Waals surface area contributed by atoms with Crippen molar-refractivity contribution in [1.82, 2.24) is 4.90 Å². The molecule has 0 aliphatic carbocycles. The highest BCUT2D eigenvalue weighted by atomic mass is 32.2. The van der Waals surface area contributed by atoms with Gasteiger partial charge in [-0.2, -0.15) is 0 Å². The van der Waals surface area contributed by atoms with E-state index in [4.69, 9.17) is 9.73 Å². The van der Waals surface area contributed by atoms with E-state index < -0.39 is 0 Å². The standard InChI is InChI=1S/C22H23N3O2S2/c1-4-5-13-25-20(26)19(29-22(25)23-15-9-7-6-8-10-15)21-24(2)17-14-16(27-3)11-12-18(17)28-21/h6-12,14H,4-5,13H2,1-3H3/b21-19-,23-22?. The van der Waals surface area contributed by atoms with E-state index in [9.17, 15) is 4.79 Å². The van der Waals surface area contributed by atoms with E-state index in [0.717, 1.165) is 50.0 Å². The van der Waals surface area contributed by atoms with Gasteiger partial charge in [-0.25, -0.2) is 4.99 Å². The Bertz CT molecular complexity index is 989. The Balaban J connectivity index is 1.71. The van der Waals surface area contributed by atoms with Crippen LogP contribution in [0.3, 0.4) is 0 Å². The molecule has 150 valence electrons. The third kappa shape index (κ3) is 3.89. The van der Waals surface area contributed by atoms with E-state index in [2.05, 4.69) is 11.8 Å².